The van der Waals surface area contributed by atoms with E-state index < -0.39 is 16.8 Å². The molecule has 2 aromatic rings. The number of anilines is 1. The van der Waals surface area contributed by atoms with E-state index in [0.717, 1.165) is 0 Å². The number of nitro benzene ring substituents is 1. The fraction of sp³-hybridized carbons (Fsp3) is 0.188. The molecule has 0 bridgehead atoms. The molecule has 0 saturated carbocycles. The summed E-state index contributed by atoms with van der Waals surface area (Å²) in [5.74, 6) is -0.406. The SMILES string of the molecule is CN(C[C@@H](O)c1ccc(F)cc1)c1ccc(C#N)cc1[N+](=O)[O-]. The highest BCUT2D eigenvalue weighted by atomic mass is 19.1. The summed E-state index contributed by atoms with van der Waals surface area (Å²) in [4.78, 5) is 12.1. The molecular formula is C16H14FN3O3. The summed E-state index contributed by atoms with van der Waals surface area (Å²) in [7, 11) is 1.60. The maximum Gasteiger partial charge on any atom is 0.293 e. The van der Waals surface area contributed by atoms with Crippen LogP contribution in [0.3, 0.4) is 0 Å². The number of rotatable bonds is 5. The summed E-state index contributed by atoms with van der Waals surface area (Å²) in [6.07, 6.45) is -0.934. The number of aliphatic hydroxyl groups is 1. The van der Waals surface area contributed by atoms with E-state index in [0.29, 0.717) is 5.56 Å². The van der Waals surface area contributed by atoms with Crippen molar-refractivity contribution in [2.75, 3.05) is 18.5 Å². The number of nitro groups is 1. The Morgan fingerprint density at radius 1 is 1.35 bits per heavy atom. The van der Waals surface area contributed by atoms with Gasteiger partial charge in [-0.15, -0.1) is 0 Å². The summed E-state index contributed by atoms with van der Waals surface area (Å²) in [5, 5.41) is 30.2. The second-order valence-corrected chi connectivity index (χ2v) is 5.02. The molecule has 0 radical (unpaired) electrons. The summed E-state index contributed by atoms with van der Waals surface area (Å²) in [5.41, 5.74) is 0.774. The highest BCUT2D eigenvalue weighted by Crippen LogP contribution is 2.29. The molecule has 0 amide bonds. The average Bonchev–Trinajstić information content (AvgIpc) is 2.54. The molecule has 1 N–H and O–H groups in total. The quantitative estimate of drug-likeness (QED) is 0.677. The summed E-state index contributed by atoms with van der Waals surface area (Å²) in [6.45, 7) is 0.0817. The third kappa shape index (κ3) is 3.81. The molecule has 118 valence electrons. The van der Waals surface area contributed by atoms with Gasteiger partial charge in [0.05, 0.1) is 22.7 Å². The van der Waals surface area contributed by atoms with Gasteiger partial charge < -0.3 is 10.0 Å². The van der Waals surface area contributed by atoms with Gasteiger partial charge in [-0.25, -0.2) is 4.39 Å². The molecule has 0 aliphatic carbocycles. The van der Waals surface area contributed by atoms with Gasteiger partial charge in [-0.1, -0.05) is 12.1 Å². The molecule has 2 aromatic carbocycles. The second-order valence-electron chi connectivity index (χ2n) is 5.02. The summed E-state index contributed by atoms with van der Waals surface area (Å²) < 4.78 is 12.9. The Balaban J connectivity index is 2.23. The number of benzene rings is 2. The van der Waals surface area contributed by atoms with Gasteiger partial charge >= 0.3 is 0 Å². The molecule has 0 aromatic heterocycles. The second kappa shape index (κ2) is 6.85. The van der Waals surface area contributed by atoms with Gasteiger partial charge in [0, 0.05) is 19.7 Å². The van der Waals surface area contributed by atoms with Crippen LogP contribution in [0.4, 0.5) is 15.8 Å². The number of hydrogen-bond acceptors (Lipinski definition) is 5. The van der Waals surface area contributed by atoms with E-state index in [1.165, 1.54) is 47.4 Å². The smallest absolute Gasteiger partial charge is 0.293 e. The minimum absolute atomic E-state index is 0.0817. The normalized spacial score (nSPS) is 11.6. The Kier molecular flexibility index (Phi) is 4.88. The van der Waals surface area contributed by atoms with Gasteiger partial charge in [-0.2, -0.15) is 5.26 Å². The zero-order chi connectivity index (χ0) is 17.0. The van der Waals surface area contributed by atoms with Crippen molar-refractivity contribution >= 4 is 11.4 Å². The van der Waals surface area contributed by atoms with Crippen molar-refractivity contribution in [1.82, 2.24) is 0 Å². The van der Waals surface area contributed by atoms with Crippen molar-refractivity contribution < 1.29 is 14.4 Å². The number of aliphatic hydroxyl groups excluding tert-OH is 1. The number of nitrogens with zero attached hydrogens (tertiary/aromatic N) is 3. The van der Waals surface area contributed by atoms with Crippen LogP contribution in [0.25, 0.3) is 0 Å². The van der Waals surface area contributed by atoms with Crippen LogP contribution >= 0.6 is 0 Å². The summed E-state index contributed by atoms with van der Waals surface area (Å²) >= 11 is 0. The van der Waals surface area contributed by atoms with Gasteiger partial charge in [0.1, 0.15) is 11.5 Å². The van der Waals surface area contributed by atoms with Crippen molar-refractivity contribution in [3.05, 3.63) is 69.5 Å². The molecular weight excluding hydrogens is 301 g/mol. The van der Waals surface area contributed by atoms with Crippen molar-refractivity contribution in [2.45, 2.75) is 6.10 Å². The van der Waals surface area contributed by atoms with Gasteiger partial charge in [0.2, 0.25) is 0 Å². The Hall–Kier alpha value is -2.98. The van der Waals surface area contributed by atoms with Crippen LogP contribution in [0, 0.1) is 27.3 Å². The molecule has 0 spiro atoms. The number of halogens is 1. The standard InChI is InChI=1S/C16H14FN3O3/c1-19(10-16(21)12-3-5-13(17)6-4-12)14-7-2-11(9-18)8-15(14)20(22)23/h2-8,16,21H,10H2,1H3/t16-/m1/s1. The average molecular weight is 315 g/mol. The van der Waals surface area contributed by atoms with Crippen LogP contribution in [0.2, 0.25) is 0 Å². The molecule has 0 aliphatic rings. The zero-order valence-corrected chi connectivity index (χ0v) is 12.3. The molecule has 7 heteroatoms. The minimum atomic E-state index is -0.934. The molecule has 23 heavy (non-hydrogen) atoms. The van der Waals surface area contributed by atoms with Crippen LogP contribution < -0.4 is 4.90 Å². The molecule has 0 aliphatic heterocycles. The first kappa shape index (κ1) is 16.4. The van der Waals surface area contributed by atoms with Crippen LogP contribution in [-0.2, 0) is 0 Å². The van der Waals surface area contributed by atoms with E-state index in [2.05, 4.69) is 0 Å². The first-order valence-electron chi connectivity index (χ1n) is 6.75. The monoisotopic (exact) mass is 315 g/mol. The Morgan fingerprint density at radius 3 is 2.57 bits per heavy atom. The first-order valence-corrected chi connectivity index (χ1v) is 6.75. The first-order chi connectivity index (χ1) is 10.9. The number of likely N-dealkylation sites (N-methyl/N-ethyl adjacent to an activating group) is 1. The molecule has 0 heterocycles. The molecule has 0 unspecified atom stereocenters. The fourth-order valence-corrected chi connectivity index (χ4v) is 2.21. The lowest BCUT2D eigenvalue weighted by Gasteiger charge is -2.22. The van der Waals surface area contributed by atoms with E-state index in [1.54, 1.807) is 7.05 Å². The predicted octanol–water partition coefficient (Wildman–Crippen LogP) is 2.78. The van der Waals surface area contributed by atoms with E-state index in [4.69, 9.17) is 5.26 Å². The van der Waals surface area contributed by atoms with E-state index >= 15 is 0 Å². The molecule has 1 atom stereocenters. The largest absolute Gasteiger partial charge is 0.387 e. The van der Waals surface area contributed by atoms with Crippen LogP contribution in [0.5, 0.6) is 0 Å². The number of hydrogen-bond donors (Lipinski definition) is 1. The molecule has 2 rings (SSSR count). The lowest BCUT2D eigenvalue weighted by molar-refractivity contribution is -0.384. The van der Waals surface area contributed by atoms with Crippen LogP contribution in [0.15, 0.2) is 42.5 Å². The van der Waals surface area contributed by atoms with Gasteiger partial charge in [0.25, 0.3) is 5.69 Å². The lowest BCUT2D eigenvalue weighted by atomic mass is 10.1. The zero-order valence-electron chi connectivity index (χ0n) is 12.3. The Bertz CT molecular complexity index is 756. The van der Waals surface area contributed by atoms with E-state index in [-0.39, 0.29) is 23.5 Å². The third-order valence-corrected chi connectivity index (χ3v) is 3.41. The lowest BCUT2D eigenvalue weighted by Crippen LogP contribution is -2.25. The van der Waals surface area contributed by atoms with Crippen molar-refractivity contribution in [3.8, 4) is 6.07 Å². The Morgan fingerprint density at radius 2 is 2.00 bits per heavy atom. The maximum absolute atomic E-state index is 12.9. The molecule has 0 fully saturated rings. The van der Waals surface area contributed by atoms with Gasteiger partial charge in [-0.05, 0) is 29.8 Å². The van der Waals surface area contributed by atoms with Gasteiger partial charge in [-0.3, -0.25) is 10.1 Å². The number of nitriles is 1. The highest BCUT2D eigenvalue weighted by Gasteiger charge is 2.20. The van der Waals surface area contributed by atoms with Gasteiger partial charge in [0.15, 0.2) is 0 Å². The minimum Gasteiger partial charge on any atom is -0.387 e. The highest BCUT2D eigenvalue weighted by molar-refractivity contribution is 5.65. The molecule has 6 nitrogen and oxygen atoms in total. The van der Waals surface area contributed by atoms with E-state index in [1.807, 2.05) is 6.07 Å². The van der Waals surface area contributed by atoms with E-state index in [9.17, 15) is 19.6 Å². The Labute approximate surface area is 132 Å². The molecule has 0 saturated heterocycles. The van der Waals surface area contributed by atoms with Crippen molar-refractivity contribution in [1.29, 1.82) is 5.26 Å². The maximum atomic E-state index is 12.9. The van der Waals surface area contributed by atoms with Crippen LogP contribution in [-0.4, -0.2) is 23.6 Å². The van der Waals surface area contributed by atoms with Crippen molar-refractivity contribution in [2.24, 2.45) is 0 Å². The van der Waals surface area contributed by atoms with Crippen molar-refractivity contribution in [3.63, 3.8) is 0 Å². The topological polar surface area (TPSA) is 90.4 Å². The van der Waals surface area contributed by atoms with Crippen LogP contribution in [0.1, 0.15) is 17.2 Å². The third-order valence-electron chi connectivity index (χ3n) is 3.41. The fourth-order valence-electron chi connectivity index (χ4n) is 2.21. The predicted molar refractivity (Wildman–Crippen MR) is 82.4 cm³/mol. The summed E-state index contributed by atoms with van der Waals surface area (Å²) in [6, 6.07) is 11.4.